The molecule has 0 N–H and O–H groups in total. The molecule has 1 atom stereocenters. The maximum atomic E-state index is 12.7. The molecule has 0 bridgehead atoms. The molecule has 0 rings (SSSR count). The minimum atomic E-state index is -0.542. The number of hydrogen-bond donors (Lipinski definition) is 0. The van der Waals surface area contributed by atoms with Gasteiger partial charge < -0.3 is 14.2 Å². The molecular formula is C51H90O5. The number of carbonyl (C=O) groups is 2. The van der Waals surface area contributed by atoms with Gasteiger partial charge >= 0.3 is 11.9 Å². The highest BCUT2D eigenvalue weighted by atomic mass is 16.6. The minimum Gasteiger partial charge on any atom is -0.462 e. The van der Waals surface area contributed by atoms with Gasteiger partial charge in [-0.3, -0.25) is 9.59 Å². The highest BCUT2D eigenvalue weighted by Gasteiger charge is 2.17. The molecule has 56 heavy (non-hydrogen) atoms. The first-order chi connectivity index (χ1) is 27.6. The van der Waals surface area contributed by atoms with E-state index in [1.807, 2.05) is 0 Å². The molecule has 0 saturated heterocycles. The molecule has 0 spiro atoms. The number of allylic oxidation sites excluding steroid dienone is 10. The van der Waals surface area contributed by atoms with Crippen molar-refractivity contribution in [2.75, 3.05) is 19.8 Å². The number of esters is 2. The van der Waals surface area contributed by atoms with E-state index < -0.39 is 6.10 Å². The zero-order valence-electron chi connectivity index (χ0n) is 37.1. The van der Waals surface area contributed by atoms with Crippen LogP contribution in [0, 0.1) is 0 Å². The van der Waals surface area contributed by atoms with Crippen LogP contribution in [-0.2, 0) is 23.8 Å². The summed E-state index contributed by atoms with van der Waals surface area (Å²) in [6.07, 6.45) is 57.9. The van der Waals surface area contributed by atoms with E-state index in [0.29, 0.717) is 19.4 Å². The smallest absolute Gasteiger partial charge is 0.306 e. The van der Waals surface area contributed by atoms with E-state index in [1.165, 1.54) is 116 Å². The Bertz CT molecular complexity index is 977. The topological polar surface area (TPSA) is 61.8 Å². The van der Waals surface area contributed by atoms with Gasteiger partial charge in [-0.15, -0.1) is 0 Å². The van der Waals surface area contributed by atoms with Crippen molar-refractivity contribution >= 4 is 11.9 Å². The summed E-state index contributed by atoms with van der Waals surface area (Å²) in [7, 11) is 0. The molecular weight excluding hydrogens is 693 g/mol. The molecule has 0 aromatic carbocycles. The predicted molar refractivity (Wildman–Crippen MR) is 242 cm³/mol. The molecule has 0 aliphatic rings. The summed E-state index contributed by atoms with van der Waals surface area (Å²) >= 11 is 0. The molecule has 0 heterocycles. The maximum absolute atomic E-state index is 12.7. The molecule has 0 saturated carbocycles. The zero-order chi connectivity index (χ0) is 40.7. The summed E-state index contributed by atoms with van der Waals surface area (Å²) in [6.45, 7) is 7.62. The Morgan fingerprint density at radius 3 is 1.36 bits per heavy atom. The van der Waals surface area contributed by atoms with E-state index in [9.17, 15) is 9.59 Å². The van der Waals surface area contributed by atoms with Crippen LogP contribution in [0.3, 0.4) is 0 Å². The molecule has 0 amide bonds. The summed E-state index contributed by atoms with van der Waals surface area (Å²) in [6, 6.07) is 0. The number of hydrogen-bond acceptors (Lipinski definition) is 5. The molecule has 0 aliphatic heterocycles. The van der Waals surface area contributed by atoms with Crippen molar-refractivity contribution in [1.29, 1.82) is 0 Å². The van der Waals surface area contributed by atoms with Crippen LogP contribution in [0.2, 0.25) is 0 Å². The monoisotopic (exact) mass is 783 g/mol. The van der Waals surface area contributed by atoms with Gasteiger partial charge in [0.2, 0.25) is 0 Å². The van der Waals surface area contributed by atoms with Crippen LogP contribution in [0.5, 0.6) is 0 Å². The van der Waals surface area contributed by atoms with Crippen molar-refractivity contribution in [1.82, 2.24) is 0 Å². The van der Waals surface area contributed by atoms with Crippen LogP contribution < -0.4 is 0 Å². The fraction of sp³-hybridized carbons (Fsp3) is 0.765. The van der Waals surface area contributed by atoms with Crippen molar-refractivity contribution in [2.45, 2.75) is 232 Å². The van der Waals surface area contributed by atoms with Gasteiger partial charge in [0.05, 0.1) is 6.61 Å². The van der Waals surface area contributed by atoms with Crippen molar-refractivity contribution in [3.8, 4) is 0 Å². The summed E-state index contributed by atoms with van der Waals surface area (Å²) in [5.41, 5.74) is 0. The van der Waals surface area contributed by atoms with Crippen LogP contribution in [0.4, 0.5) is 0 Å². The number of ether oxygens (including phenoxy) is 3. The van der Waals surface area contributed by atoms with E-state index in [-0.39, 0.29) is 25.2 Å². The maximum Gasteiger partial charge on any atom is 0.306 e. The molecule has 0 radical (unpaired) electrons. The van der Waals surface area contributed by atoms with Crippen molar-refractivity contribution < 1.29 is 23.8 Å². The quantitative estimate of drug-likeness (QED) is 0.0350. The second-order valence-corrected chi connectivity index (χ2v) is 15.6. The van der Waals surface area contributed by atoms with Crippen LogP contribution in [0.1, 0.15) is 226 Å². The lowest BCUT2D eigenvalue weighted by atomic mass is 10.1. The van der Waals surface area contributed by atoms with Gasteiger partial charge in [0.1, 0.15) is 6.61 Å². The first-order valence-corrected chi connectivity index (χ1v) is 23.8. The van der Waals surface area contributed by atoms with Crippen molar-refractivity contribution in [2.24, 2.45) is 0 Å². The minimum absolute atomic E-state index is 0.0762. The Morgan fingerprint density at radius 2 is 0.839 bits per heavy atom. The van der Waals surface area contributed by atoms with E-state index in [2.05, 4.69) is 81.5 Å². The normalized spacial score (nSPS) is 12.7. The fourth-order valence-corrected chi connectivity index (χ4v) is 6.50. The highest BCUT2D eigenvalue weighted by molar-refractivity contribution is 5.70. The lowest BCUT2D eigenvalue weighted by molar-refractivity contribution is -0.163. The van der Waals surface area contributed by atoms with E-state index in [4.69, 9.17) is 14.2 Å². The molecule has 5 nitrogen and oxygen atoms in total. The third-order valence-corrected chi connectivity index (χ3v) is 10.0. The third kappa shape index (κ3) is 44.3. The van der Waals surface area contributed by atoms with Gasteiger partial charge in [0.15, 0.2) is 6.10 Å². The first kappa shape index (κ1) is 53.6. The zero-order valence-corrected chi connectivity index (χ0v) is 37.1. The Balaban J connectivity index is 4.22. The van der Waals surface area contributed by atoms with Gasteiger partial charge in [-0.05, 0) is 77.0 Å². The van der Waals surface area contributed by atoms with E-state index in [1.54, 1.807) is 0 Å². The van der Waals surface area contributed by atoms with Crippen molar-refractivity contribution in [3.63, 3.8) is 0 Å². The molecule has 0 aromatic rings. The number of unbranched alkanes of at least 4 members (excludes halogenated alkanes) is 22. The molecule has 0 aliphatic carbocycles. The van der Waals surface area contributed by atoms with Gasteiger partial charge in [0, 0.05) is 19.4 Å². The molecule has 0 aromatic heterocycles. The second kappa shape index (κ2) is 47.0. The lowest BCUT2D eigenvalue weighted by Gasteiger charge is -2.18. The third-order valence-electron chi connectivity index (χ3n) is 10.0. The highest BCUT2D eigenvalue weighted by Crippen LogP contribution is 2.14. The average Bonchev–Trinajstić information content (AvgIpc) is 3.20. The standard InChI is InChI=1S/C51H90O5/c1-4-7-10-13-16-19-21-23-25-26-27-28-30-33-35-38-41-44-50(52)55-48-49(56-51(53)45-42-39-36-32-18-15-12-9-6-3)47-54-46-43-40-37-34-31-29-24-22-20-17-14-11-8-5-2/h7,10-11,14,16,19-20,22-23,25,49H,4-6,8-9,12-13,15,17-18,21,24,26-48H2,1-3H3/b10-7-,14-11-,19-16-,22-20-,25-23-. The second-order valence-electron chi connectivity index (χ2n) is 15.6. The Labute approximate surface area is 347 Å². The summed E-state index contributed by atoms with van der Waals surface area (Å²) in [5, 5.41) is 0. The molecule has 0 fully saturated rings. The molecule has 324 valence electrons. The molecule has 5 heteroatoms. The van der Waals surface area contributed by atoms with Crippen LogP contribution in [-0.4, -0.2) is 37.9 Å². The fourth-order valence-electron chi connectivity index (χ4n) is 6.50. The lowest BCUT2D eigenvalue weighted by Crippen LogP contribution is -2.30. The van der Waals surface area contributed by atoms with Crippen LogP contribution in [0.15, 0.2) is 60.8 Å². The SMILES string of the molecule is CC/C=C\C/C=C\C/C=C\CCCCCCCCCC(=O)OCC(COCCCCCCCC/C=C\C/C=C\CCC)OC(=O)CCCCCCCCCCC. The van der Waals surface area contributed by atoms with E-state index >= 15 is 0 Å². The van der Waals surface area contributed by atoms with Crippen molar-refractivity contribution in [3.05, 3.63) is 60.8 Å². The van der Waals surface area contributed by atoms with Crippen LogP contribution in [0.25, 0.3) is 0 Å². The Morgan fingerprint density at radius 1 is 0.411 bits per heavy atom. The summed E-state index contributed by atoms with van der Waals surface area (Å²) in [5.74, 6) is -0.414. The van der Waals surface area contributed by atoms with Gasteiger partial charge in [-0.25, -0.2) is 0 Å². The summed E-state index contributed by atoms with van der Waals surface area (Å²) < 4.78 is 17.3. The van der Waals surface area contributed by atoms with E-state index in [0.717, 1.165) is 77.0 Å². The Hall–Kier alpha value is -2.40. The Kier molecular flexibility index (Phi) is 45.0. The first-order valence-electron chi connectivity index (χ1n) is 23.8. The largest absolute Gasteiger partial charge is 0.462 e. The average molecular weight is 783 g/mol. The number of rotatable bonds is 43. The van der Waals surface area contributed by atoms with Gasteiger partial charge in [-0.1, -0.05) is 197 Å². The number of carbonyl (C=O) groups excluding carboxylic acids is 2. The summed E-state index contributed by atoms with van der Waals surface area (Å²) in [4.78, 5) is 25.2. The van der Waals surface area contributed by atoms with Gasteiger partial charge in [-0.2, -0.15) is 0 Å². The van der Waals surface area contributed by atoms with Gasteiger partial charge in [0.25, 0.3) is 0 Å². The molecule has 1 unspecified atom stereocenters. The predicted octanol–water partition coefficient (Wildman–Crippen LogP) is 15.8. The van der Waals surface area contributed by atoms with Crippen LogP contribution >= 0.6 is 0 Å².